The van der Waals surface area contributed by atoms with Gasteiger partial charge in [0.05, 0.1) is 0 Å². The molecule has 0 aromatic heterocycles. The third-order valence-electron chi connectivity index (χ3n) is 5.51. The van der Waals surface area contributed by atoms with Crippen LogP contribution in [-0.2, 0) is 0 Å². The van der Waals surface area contributed by atoms with E-state index >= 15 is 0 Å². The van der Waals surface area contributed by atoms with E-state index in [0.29, 0.717) is 0 Å². The molecule has 122 valence electrons. The summed E-state index contributed by atoms with van der Waals surface area (Å²) in [6.07, 6.45) is 0. The topological polar surface area (TPSA) is 0 Å². The van der Waals surface area contributed by atoms with Crippen LogP contribution in [0.2, 0.25) is 5.02 Å². The highest BCUT2D eigenvalue weighted by atomic mass is 79.9. The van der Waals surface area contributed by atoms with Crippen LogP contribution in [0, 0.1) is 0 Å². The minimum absolute atomic E-state index is 0.760. The molecule has 5 aromatic rings. The molecule has 0 amide bonds. The van der Waals surface area contributed by atoms with Gasteiger partial charge in [-0.2, -0.15) is 0 Å². The van der Waals surface area contributed by atoms with Crippen LogP contribution in [0.4, 0.5) is 0 Å². The third-order valence-corrected chi connectivity index (χ3v) is 6.40. The van der Waals surface area contributed by atoms with Crippen molar-refractivity contribution in [2.75, 3.05) is 0 Å². The standard InChI is InChI=1S/C24H12BrCl/c25-23-12-20-18-7-3-6-17-14-4-1-2-5-15(14)22(24(17)18)11-19(20)16-9-8-13(26)10-21(16)23/h1-12H. The zero-order valence-electron chi connectivity index (χ0n) is 13.7. The van der Waals surface area contributed by atoms with E-state index in [1.807, 2.05) is 12.1 Å². The summed E-state index contributed by atoms with van der Waals surface area (Å²) in [5.74, 6) is 0. The van der Waals surface area contributed by atoms with Crippen molar-refractivity contribution in [2.45, 2.75) is 0 Å². The molecule has 0 aliphatic heterocycles. The van der Waals surface area contributed by atoms with Crippen molar-refractivity contribution in [3.63, 3.8) is 0 Å². The van der Waals surface area contributed by atoms with Crippen molar-refractivity contribution in [3.8, 4) is 22.3 Å². The smallest absolute Gasteiger partial charge is 0.0412 e. The molecule has 6 rings (SSSR count). The van der Waals surface area contributed by atoms with Gasteiger partial charge in [-0.15, -0.1) is 0 Å². The van der Waals surface area contributed by atoms with Crippen molar-refractivity contribution in [2.24, 2.45) is 0 Å². The van der Waals surface area contributed by atoms with Crippen LogP contribution in [0.15, 0.2) is 77.3 Å². The number of fused-ring (bicyclic) bond motifs is 7. The zero-order valence-corrected chi connectivity index (χ0v) is 16.0. The van der Waals surface area contributed by atoms with Gasteiger partial charge >= 0.3 is 0 Å². The highest BCUT2D eigenvalue weighted by Crippen LogP contribution is 2.50. The molecule has 1 aliphatic rings. The third kappa shape index (κ3) is 1.80. The van der Waals surface area contributed by atoms with Gasteiger partial charge in [-0.25, -0.2) is 0 Å². The molecule has 0 nitrogen and oxygen atoms in total. The zero-order chi connectivity index (χ0) is 17.4. The molecule has 26 heavy (non-hydrogen) atoms. The van der Waals surface area contributed by atoms with Gasteiger partial charge in [-0.1, -0.05) is 76.1 Å². The van der Waals surface area contributed by atoms with Gasteiger partial charge in [0.2, 0.25) is 0 Å². The molecule has 0 spiro atoms. The van der Waals surface area contributed by atoms with Crippen LogP contribution in [0.5, 0.6) is 0 Å². The van der Waals surface area contributed by atoms with Gasteiger partial charge in [0, 0.05) is 9.50 Å². The van der Waals surface area contributed by atoms with Crippen LogP contribution in [0.1, 0.15) is 0 Å². The lowest BCUT2D eigenvalue weighted by Gasteiger charge is -2.12. The summed E-state index contributed by atoms with van der Waals surface area (Å²) in [7, 11) is 0. The lowest BCUT2D eigenvalue weighted by molar-refractivity contribution is 1.70. The first-order valence-electron chi connectivity index (χ1n) is 8.59. The molecular formula is C24H12BrCl. The second-order valence-electron chi connectivity index (χ2n) is 6.84. The van der Waals surface area contributed by atoms with Gasteiger partial charge < -0.3 is 0 Å². The molecular weight excluding hydrogens is 404 g/mol. The van der Waals surface area contributed by atoms with E-state index in [1.54, 1.807) is 0 Å². The maximum absolute atomic E-state index is 6.25. The fourth-order valence-electron chi connectivity index (χ4n) is 4.43. The Hall–Kier alpha value is -2.35. The Morgan fingerprint density at radius 1 is 0.538 bits per heavy atom. The first-order chi connectivity index (χ1) is 12.7. The molecule has 0 fully saturated rings. The van der Waals surface area contributed by atoms with Crippen LogP contribution < -0.4 is 0 Å². The summed E-state index contributed by atoms with van der Waals surface area (Å²) in [5.41, 5.74) is 5.32. The largest absolute Gasteiger partial charge is 0.0843 e. The first kappa shape index (κ1) is 14.8. The molecule has 1 aliphatic carbocycles. The monoisotopic (exact) mass is 414 g/mol. The number of halogens is 2. The first-order valence-corrected chi connectivity index (χ1v) is 9.76. The molecule has 5 aromatic carbocycles. The fourth-order valence-corrected chi connectivity index (χ4v) is 5.16. The summed E-state index contributed by atoms with van der Waals surface area (Å²) in [6, 6.07) is 26.1. The van der Waals surface area contributed by atoms with Crippen molar-refractivity contribution in [1.82, 2.24) is 0 Å². The summed E-state index contributed by atoms with van der Waals surface area (Å²) >= 11 is 10.0. The number of hydrogen-bond donors (Lipinski definition) is 0. The van der Waals surface area contributed by atoms with Gasteiger partial charge in [0.25, 0.3) is 0 Å². The lowest BCUT2D eigenvalue weighted by Crippen LogP contribution is -1.84. The predicted octanol–water partition coefficient (Wildman–Crippen LogP) is 8.21. The van der Waals surface area contributed by atoms with Crippen molar-refractivity contribution in [1.29, 1.82) is 0 Å². The van der Waals surface area contributed by atoms with Crippen molar-refractivity contribution < 1.29 is 0 Å². The Kier molecular flexibility index (Phi) is 2.90. The summed E-state index contributed by atoms with van der Waals surface area (Å²) in [4.78, 5) is 0. The Morgan fingerprint density at radius 3 is 2.12 bits per heavy atom. The molecule has 0 saturated heterocycles. The molecule has 0 saturated carbocycles. The molecule has 0 unspecified atom stereocenters. The molecule has 0 N–H and O–H groups in total. The SMILES string of the molecule is Clc1ccc2c(c1)c(Br)cc1c3cccc4c3c(cc21)-c1ccccc1-4. The summed E-state index contributed by atoms with van der Waals surface area (Å²) in [6.45, 7) is 0. The van der Waals surface area contributed by atoms with E-state index in [1.165, 1.54) is 49.2 Å². The van der Waals surface area contributed by atoms with E-state index in [2.05, 4.69) is 76.6 Å². The molecule has 0 atom stereocenters. The summed E-state index contributed by atoms with van der Waals surface area (Å²) < 4.78 is 1.08. The Morgan fingerprint density at radius 2 is 1.27 bits per heavy atom. The van der Waals surface area contributed by atoms with Crippen LogP contribution in [-0.4, -0.2) is 0 Å². The highest BCUT2D eigenvalue weighted by molar-refractivity contribution is 9.10. The van der Waals surface area contributed by atoms with Crippen LogP contribution >= 0.6 is 27.5 Å². The maximum Gasteiger partial charge on any atom is 0.0412 e. The fraction of sp³-hybridized carbons (Fsp3) is 0. The van der Waals surface area contributed by atoms with Crippen LogP contribution in [0.3, 0.4) is 0 Å². The minimum atomic E-state index is 0.760. The van der Waals surface area contributed by atoms with Gasteiger partial charge in [0.1, 0.15) is 0 Å². The number of benzene rings is 5. The quantitative estimate of drug-likeness (QED) is 0.219. The predicted molar refractivity (Wildman–Crippen MR) is 116 cm³/mol. The molecule has 0 bridgehead atoms. The molecule has 2 heteroatoms. The maximum atomic E-state index is 6.25. The van der Waals surface area contributed by atoms with E-state index < -0.39 is 0 Å². The Labute approximate surface area is 164 Å². The Bertz CT molecular complexity index is 1400. The van der Waals surface area contributed by atoms with E-state index in [0.717, 1.165) is 14.9 Å². The summed E-state index contributed by atoms with van der Waals surface area (Å²) in [5, 5.41) is 8.36. The van der Waals surface area contributed by atoms with Crippen molar-refractivity contribution >= 4 is 59.8 Å². The van der Waals surface area contributed by atoms with Crippen LogP contribution in [0.25, 0.3) is 54.6 Å². The number of rotatable bonds is 0. The molecule has 0 heterocycles. The van der Waals surface area contributed by atoms with Crippen molar-refractivity contribution in [3.05, 3.63) is 82.3 Å². The van der Waals surface area contributed by atoms with E-state index in [9.17, 15) is 0 Å². The highest BCUT2D eigenvalue weighted by Gasteiger charge is 2.22. The second-order valence-corrected chi connectivity index (χ2v) is 8.13. The average molecular weight is 416 g/mol. The van der Waals surface area contributed by atoms with Gasteiger partial charge in [-0.05, 0) is 78.8 Å². The average Bonchev–Trinajstić information content (AvgIpc) is 2.99. The normalized spacial score (nSPS) is 12.2. The minimum Gasteiger partial charge on any atom is -0.0843 e. The molecule has 0 radical (unpaired) electrons. The second kappa shape index (κ2) is 5.09. The van der Waals surface area contributed by atoms with E-state index in [-0.39, 0.29) is 0 Å². The van der Waals surface area contributed by atoms with Gasteiger partial charge in [-0.3, -0.25) is 0 Å². The lowest BCUT2D eigenvalue weighted by atomic mass is 9.93. The Balaban J connectivity index is 1.91. The van der Waals surface area contributed by atoms with E-state index in [4.69, 9.17) is 11.6 Å². The van der Waals surface area contributed by atoms with Gasteiger partial charge in [0.15, 0.2) is 0 Å². The number of hydrogen-bond acceptors (Lipinski definition) is 0.